The number of nitrogens with one attached hydrogen (secondary N) is 1. The minimum absolute atomic E-state index is 0.0171. The van der Waals surface area contributed by atoms with E-state index in [0.29, 0.717) is 0 Å². The standard InChI is InChI=1S/C15H16N2/c1-11-7-3-5-9-14(11)17-12(2)16-13-8-4-6-10-15(13)17/h3-10,12,16H,1-2H3/t12-/m0/s1/i/hD. The number of aryl methyl sites for hydroxylation is 1. The van der Waals surface area contributed by atoms with Gasteiger partial charge in [0.05, 0.1) is 11.4 Å². The summed E-state index contributed by atoms with van der Waals surface area (Å²) in [6.45, 7) is 4.16. The molecule has 0 saturated heterocycles. The van der Waals surface area contributed by atoms with E-state index in [0.717, 1.165) is 11.4 Å². The Hall–Kier alpha value is -1.96. The number of rotatable bonds is 1. The van der Waals surface area contributed by atoms with E-state index in [1.807, 2.05) is 30.3 Å². The second-order valence-corrected chi connectivity index (χ2v) is 4.41. The van der Waals surface area contributed by atoms with E-state index >= 15 is 0 Å². The normalized spacial score (nSPS) is 19.2. The maximum atomic E-state index is 8.16. The maximum Gasteiger partial charge on any atom is 0.162 e. The Kier molecular flexibility index (Phi) is 2.04. The molecule has 2 nitrogen and oxygen atoms in total. The third kappa shape index (κ3) is 1.57. The fourth-order valence-electron chi connectivity index (χ4n) is 2.40. The molecule has 0 aromatic heterocycles. The predicted octanol–water partition coefficient (Wildman–Crippen LogP) is 3.90. The molecule has 1 aliphatic rings. The maximum absolute atomic E-state index is 8.16. The largest absolute Gasteiger partial charge is 0.363 e. The lowest BCUT2D eigenvalue weighted by Crippen LogP contribution is -2.28. The molecule has 0 bridgehead atoms. The molecule has 17 heavy (non-hydrogen) atoms. The molecule has 1 aliphatic heterocycles. The highest BCUT2D eigenvalue weighted by Crippen LogP contribution is 2.40. The van der Waals surface area contributed by atoms with Crippen LogP contribution in [0.5, 0.6) is 0 Å². The highest BCUT2D eigenvalue weighted by Gasteiger charge is 2.26. The molecule has 2 aromatic rings. The number of nitrogens with zero attached hydrogens (tertiary/aromatic N) is 1. The van der Waals surface area contributed by atoms with Crippen LogP contribution in [0.4, 0.5) is 17.1 Å². The van der Waals surface area contributed by atoms with Crippen LogP contribution in [0.2, 0.25) is 1.41 Å². The molecule has 1 atom stereocenters. The number of anilines is 3. The molecule has 1 heterocycles. The fraction of sp³-hybridized carbons (Fsp3) is 0.200. The minimum atomic E-state index is 0.0171. The lowest BCUT2D eigenvalue weighted by atomic mass is 10.1. The Balaban J connectivity index is 2.16. The quantitative estimate of drug-likeness (QED) is 0.791. The molecule has 0 saturated carbocycles. The van der Waals surface area contributed by atoms with Gasteiger partial charge in [-0.05, 0) is 37.6 Å². The van der Waals surface area contributed by atoms with E-state index in [1.165, 1.54) is 11.3 Å². The third-order valence-electron chi connectivity index (χ3n) is 3.22. The summed E-state index contributed by atoms with van der Waals surface area (Å²) in [5.41, 5.74) is 4.48. The summed E-state index contributed by atoms with van der Waals surface area (Å²) in [5, 5.41) is 1.57. The topological polar surface area (TPSA) is 15.3 Å². The second kappa shape index (κ2) is 3.81. The SMILES string of the molecule is [2H]N1c2ccccc2N(c2ccccc2C)[C@H]1C. The average Bonchev–Trinajstić information content (AvgIpc) is 2.64. The molecule has 2 heteroatoms. The van der Waals surface area contributed by atoms with Gasteiger partial charge in [-0.3, -0.25) is 0 Å². The lowest BCUT2D eigenvalue weighted by Gasteiger charge is -2.25. The van der Waals surface area contributed by atoms with Crippen molar-refractivity contribution in [3.05, 3.63) is 54.1 Å². The van der Waals surface area contributed by atoms with Crippen molar-refractivity contribution in [3.63, 3.8) is 0 Å². The van der Waals surface area contributed by atoms with Crippen molar-refractivity contribution in [2.75, 3.05) is 10.2 Å². The Bertz CT molecular complexity index is 582. The third-order valence-corrected chi connectivity index (χ3v) is 3.22. The van der Waals surface area contributed by atoms with Crippen LogP contribution in [0.25, 0.3) is 0 Å². The fourth-order valence-corrected chi connectivity index (χ4v) is 2.40. The van der Waals surface area contributed by atoms with Crippen molar-refractivity contribution < 1.29 is 1.41 Å². The summed E-state index contributed by atoms with van der Waals surface area (Å²) in [4.78, 5) is 2.22. The second-order valence-electron chi connectivity index (χ2n) is 4.41. The van der Waals surface area contributed by atoms with Gasteiger partial charge in [-0.25, -0.2) is 0 Å². The van der Waals surface area contributed by atoms with Crippen LogP contribution in [0.15, 0.2) is 48.5 Å². The van der Waals surface area contributed by atoms with Crippen LogP contribution in [0, 0.1) is 6.92 Å². The van der Waals surface area contributed by atoms with Gasteiger partial charge in [-0.2, -0.15) is 0 Å². The summed E-state index contributed by atoms with van der Waals surface area (Å²) < 4.78 is 8.16. The first-order chi connectivity index (χ1) is 8.70. The van der Waals surface area contributed by atoms with Gasteiger partial charge >= 0.3 is 0 Å². The first kappa shape index (κ1) is 9.11. The van der Waals surface area contributed by atoms with E-state index in [9.17, 15) is 0 Å². The van der Waals surface area contributed by atoms with Gasteiger partial charge < -0.3 is 10.2 Å². The molecule has 0 radical (unpaired) electrons. The zero-order valence-corrected chi connectivity index (χ0v) is 10.1. The van der Waals surface area contributed by atoms with Crippen molar-refractivity contribution in [2.24, 2.45) is 0 Å². The van der Waals surface area contributed by atoms with E-state index in [2.05, 4.69) is 36.9 Å². The van der Waals surface area contributed by atoms with Gasteiger partial charge in [-0.1, -0.05) is 30.3 Å². The van der Waals surface area contributed by atoms with Crippen molar-refractivity contribution in [3.8, 4) is 0 Å². The van der Waals surface area contributed by atoms with Crippen LogP contribution in [0.3, 0.4) is 0 Å². The van der Waals surface area contributed by atoms with Gasteiger partial charge in [0.15, 0.2) is 1.41 Å². The number of hydrogen-bond donors (Lipinski definition) is 1. The molecule has 0 aliphatic carbocycles. The summed E-state index contributed by atoms with van der Waals surface area (Å²) in [6, 6.07) is 16.4. The molecule has 0 spiro atoms. The highest BCUT2D eigenvalue weighted by atomic mass is 15.3. The van der Waals surface area contributed by atoms with Gasteiger partial charge in [0, 0.05) is 5.69 Å². The average molecular weight is 225 g/mol. The molecule has 1 N–H and O–H groups in total. The van der Waals surface area contributed by atoms with Crippen LogP contribution < -0.4 is 10.2 Å². The summed E-state index contributed by atoms with van der Waals surface area (Å²) >= 11 is 0. The molecule has 0 fully saturated rings. The monoisotopic (exact) mass is 225 g/mol. The molecule has 3 rings (SSSR count). The van der Waals surface area contributed by atoms with E-state index < -0.39 is 0 Å². The molecule has 86 valence electrons. The number of hydrogen-bond acceptors (Lipinski definition) is 2. The predicted molar refractivity (Wildman–Crippen MR) is 72.8 cm³/mol. The first-order valence-electron chi connectivity index (χ1n) is 6.37. The van der Waals surface area contributed by atoms with E-state index in [-0.39, 0.29) is 6.17 Å². The number of benzene rings is 2. The zero-order chi connectivity index (χ0) is 12.7. The summed E-state index contributed by atoms with van der Waals surface area (Å²) in [5.74, 6) is 0. The number of fused-ring (bicyclic) bond motifs is 1. The Morgan fingerprint density at radius 2 is 1.71 bits per heavy atom. The van der Waals surface area contributed by atoms with Crippen molar-refractivity contribution in [1.29, 1.82) is 0 Å². The zero-order valence-electron chi connectivity index (χ0n) is 11.1. The first-order valence-corrected chi connectivity index (χ1v) is 5.92. The van der Waals surface area contributed by atoms with Gasteiger partial charge in [-0.15, -0.1) is 0 Å². The van der Waals surface area contributed by atoms with Gasteiger partial charge in [0.2, 0.25) is 0 Å². The Labute approximate surface area is 103 Å². The van der Waals surface area contributed by atoms with Gasteiger partial charge in [0.1, 0.15) is 6.17 Å². The van der Waals surface area contributed by atoms with E-state index in [4.69, 9.17) is 1.41 Å². The number of para-hydroxylation sites is 3. The van der Waals surface area contributed by atoms with Gasteiger partial charge in [0.25, 0.3) is 0 Å². The van der Waals surface area contributed by atoms with Crippen LogP contribution in [-0.2, 0) is 0 Å². The molecular formula is C15H16N2. The van der Waals surface area contributed by atoms with Crippen LogP contribution in [0.1, 0.15) is 12.5 Å². The molecule has 0 unspecified atom stereocenters. The van der Waals surface area contributed by atoms with Crippen molar-refractivity contribution in [1.82, 2.24) is 0 Å². The highest BCUT2D eigenvalue weighted by molar-refractivity contribution is 5.83. The Morgan fingerprint density at radius 1 is 1.06 bits per heavy atom. The summed E-state index contributed by atoms with van der Waals surface area (Å²) in [6.07, 6.45) is 0.0171. The minimum Gasteiger partial charge on any atom is -0.363 e. The molecular weight excluding hydrogens is 208 g/mol. The van der Waals surface area contributed by atoms with E-state index in [1.54, 1.807) is 5.31 Å². The van der Waals surface area contributed by atoms with Crippen LogP contribution in [-0.4, -0.2) is 6.17 Å². The van der Waals surface area contributed by atoms with Crippen LogP contribution >= 0.6 is 0 Å². The Morgan fingerprint density at radius 3 is 2.47 bits per heavy atom. The van der Waals surface area contributed by atoms with Crippen molar-refractivity contribution in [2.45, 2.75) is 20.0 Å². The molecule has 0 amide bonds. The smallest absolute Gasteiger partial charge is 0.162 e. The lowest BCUT2D eigenvalue weighted by molar-refractivity contribution is 0.840. The van der Waals surface area contributed by atoms with Crippen molar-refractivity contribution >= 4 is 17.1 Å². The molecule has 2 aromatic carbocycles. The summed E-state index contributed by atoms with van der Waals surface area (Å²) in [7, 11) is 0.